The first-order valence-electron chi connectivity index (χ1n) is 9.07. The SMILES string of the molecule is COc1cc(OCc2c(F)cccc2Cl)ccc1CN[C@@H](CC(C)C)C(N)=O. The van der Waals surface area contributed by atoms with E-state index in [0.29, 0.717) is 41.0 Å². The maximum atomic E-state index is 13.9. The van der Waals surface area contributed by atoms with Gasteiger partial charge in [-0.15, -0.1) is 0 Å². The Labute approximate surface area is 170 Å². The fraction of sp³-hybridized carbons (Fsp3) is 0.381. The van der Waals surface area contributed by atoms with Crippen molar-refractivity contribution < 1.29 is 18.7 Å². The van der Waals surface area contributed by atoms with Crippen LogP contribution in [0, 0.1) is 11.7 Å². The number of halogens is 2. The molecule has 1 atom stereocenters. The standard InChI is InChI=1S/C21H26ClFN2O3/c1-13(2)9-19(21(24)26)25-11-14-7-8-15(10-20(14)27-3)28-12-16-17(22)5-4-6-18(16)23/h4-8,10,13,19,25H,9,11-12H2,1-3H3,(H2,24,26)/t19-/m0/s1. The average Bonchev–Trinajstić information content (AvgIpc) is 2.64. The number of hydrogen-bond donors (Lipinski definition) is 2. The zero-order valence-electron chi connectivity index (χ0n) is 16.3. The quantitative estimate of drug-likeness (QED) is 0.621. The minimum Gasteiger partial charge on any atom is -0.496 e. The van der Waals surface area contributed by atoms with E-state index in [9.17, 15) is 9.18 Å². The van der Waals surface area contributed by atoms with Crippen LogP contribution in [0.3, 0.4) is 0 Å². The molecule has 0 saturated carbocycles. The van der Waals surface area contributed by atoms with Crippen LogP contribution in [-0.2, 0) is 17.9 Å². The lowest BCUT2D eigenvalue weighted by atomic mass is 10.0. The molecule has 7 heteroatoms. The minimum atomic E-state index is -0.414. The van der Waals surface area contributed by atoms with Crippen LogP contribution in [0.25, 0.3) is 0 Å². The van der Waals surface area contributed by atoms with Gasteiger partial charge in [0.05, 0.1) is 18.2 Å². The summed E-state index contributed by atoms with van der Waals surface area (Å²) in [6.45, 7) is 4.49. The molecule has 2 aromatic carbocycles. The lowest BCUT2D eigenvalue weighted by Gasteiger charge is -2.19. The van der Waals surface area contributed by atoms with E-state index in [1.165, 1.54) is 6.07 Å². The number of primary amides is 1. The molecule has 28 heavy (non-hydrogen) atoms. The summed E-state index contributed by atoms with van der Waals surface area (Å²) in [6, 6.07) is 9.40. The summed E-state index contributed by atoms with van der Waals surface area (Å²) >= 11 is 6.02. The maximum absolute atomic E-state index is 13.9. The van der Waals surface area contributed by atoms with Crippen molar-refractivity contribution in [1.29, 1.82) is 0 Å². The molecule has 0 aliphatic rings. The minimum absolute atomic E-state index is 0.00436. The van der Waals surface area contributed by atoms with Gasteiger partial charge in [-0.05, 0) is 30.5 Å². The van der Waals surface area contributed by atoms with E-state index in [-0.39, 0.29) is 12.5 Å². The Bertz CT molecular complexity index is 794. The van der Waals surface area contributed by atoms with Crippen LogP contribution in [0.15, 0.2) is 36.4 Å². The number of amides is 1. The summed E-state index contributed by atoms with van der Waals surface area (Å²) in [4.78, 5) is 11.6. The van der Waals surface area contributed by atoms with Gasteiger partial charge in [-0.25, -0.2) is 4.39 Å². The largest absolute Gasteiger partial charge is 0.496 e. The number of hydrogen-bond acceptors (Lipinski definition) is 4. The summed E-state index contributed by atoms with van der Waals surface area (Å²) < 4.78 is 25.0. The molecule has 2 rings (SSSR count). The number of benzene rings is 2. The van der Waals surface area contributed by atoms with Gasteiger partial charge in [0.25, 0.3) is 0 Å². The van der Waals surface area contributed by atoms with Crippen molar-refractivity contribution >= 4 is 17.5 Å². The van der Waals surface area contributed by atoms with Gasteiger partial charge in [0.1, 0.15) is 23.9 Å². The zero-order valence-corrected chi connectivity index (χ0v) is 17.1. The molecular formula is C21H26ClFN2O3. The third-order valence-electron chi connectivity index (χ3n) is 4.29. The highest BCUT2D eigenvalue weighted by Gasteiger charge is 2.17. The van der Waals surface area contributed by atoms with Crippen molar-refractivity contribution in [1.82, 2.24) is 5.32 Å². The third-order valence-corrected chi connectivity index (χ3v) is 4.65. The predicted octanol–water partition coefficient (Wildman–Crippen LogP) is 4.06. The number of nitrogens with one attached hydrogen (secondary N) is 1. The molecule has 0 aliphatic heterocycles. The van der Waals surface area contributed by atoms with Gasteiger partial charge in [-0.3, -0.25) is 4.79 Å². The molecule has 0 aromatic heterocycles. The van der Waals surface area contributed by atoms with Gasteiger partial charge in [0.15, 0.2) is 0 Å². The van der Waals surface area contributed by atoms with E-state index in [0.717, 1.165) is 5.56 Å². The number of nitrogens with two attached hydrogens (primary N) is 1. The average molecular weight is 409 g/mol. The van der Waals surface area contributed by atoms with Crippen molar-refractivity contribution in [3.63, 3.8) is 0 Å². The number of carbonyl (C=O) groups excluding carboxylic acids is 1. The summed E-state index contributed by atoms with van der Waals surface area (Å²) in [5.41, 5.74) is 6.62. The second kappa shape index (κ2) is 10.3. The predicted molar refractivity (Wildman–Crippen MR) is 108 cm³/mol. The second-order valence-corrected chi connectivity index (χ2v) is 7.34. The second-order valence-electron chi connectivity index (χ2n) is 6.93. The first kappa shape index (κ1) is 22.0. The molecule has 0 saturated heterocycles. The number of rotatable bonds is 10. The van der Waals surface area contributed by atoms with Crippen LogP contribution in [0.1, 0.15) is 31.4 Å². The fourth-order valence-corrected chi connectivity index (χ4v) is 3.01. The smallest absolute Gasteiger partial charge is 0.234 e. The van der Waals surface area contributed by atoms with Crippen molar-refractivity contribution in [3.05, 3.63) is 58.4 Å². The summed E-state index contributed by atoms with van der Waals surface area (Å²) in [6.07, 6.45) is 0.655. The van der Waals surface area contributed by atoms with Gasteiger partial charge < -0.3 is 20.5 Å². The van der Waals surface area contributed by atoms with Gasteiger partial charge in [0.2, 0.25) is 5.91 Å². The van der Waals surface area contributed by atoms with Crippen molar-refractivity contribution in [2.75, 3.05) is 7.11 Å². The zero-order chi connectivity index (χ0) is 20.7. The van der Waals surface area contributed by atoms with E-state index in [2.05, 4.69) is 5.32 Å². The summed E-state index contributed by atoms with van der Waals surface area (Å²) in [7, 11) is 1.55. The van der Waals surface area contributed by atoms with Crippen LogP contribution in [0.4, 0.5) is 4.39 Å². The molecule has 0 spiro atoms. The van der Waals surface area contributed by atoms with Gasteiger partial charge >= 0.3 is 0 Å². The molecule has 0 unspecified atom stereocenters. The molecule has 0 aliphatic carbocycles. The molecule has 0 bridgehead atoms. The normalized spacial score (nSPS) is 12.1. The highest BCUT2D eigenvalue weighted by molar-refractivity contribution is 6.31. The lowest BCUT2D eigenvalue weighted by molar-refractivity contribution is -0.120. The Morgan fingerprint density at radius 2 is 2.04 bits per heavy atom. The Kier molecular flexibility index (Phi) is 8.08. The van der Waals surface area contributed by atoms with Gasteiger partial charge in [-0.1, -0.05) is 37.6 Å². The maximum Gasteiger partial charge on any atom is 0.234 e. The lowest BCUT2D eigenvalue weighted by Crippen LogP contribution is -2.41. The number of carbonyl (C=O) groups is 1. The summed E-state index contributed by atoms with van der Waals surface area (Å²) in [5.74, 6) is 0.663. The molecule has 5 nitrogen and oxygen atoms in total. The number of ether oxygens (including phenoxy) is 2. The molecule has 0 heterocycles. The third kappa shape index (κ3) is 6.11. The summed E-state index contributed by atoms with van der Waals surface area (Å²) in [5, 5.41) is 3.49. The molecule has 152 valence electrons. The Morgan fingerprint density at radius 3 is 2.64 bits per heavy atom. The van der Waals surface area contributed by atoms with E-state index in [1.54, 1.807) is 31.4 Å². The number of methoxy groups -OCH3 is 1. The molecule has 3 N–H and O–H groups in total. The first-order valence-corrected chi connectivity index (χ1v) is 9.45. The topological polar surface area (TPSA) is 73.6 Å². The van der Waals surface area contributed by atoms with Crippen molar-refractivity contribution in [2.24, 2.45) is 11.7 Å². The highest BCUT2D eigenvalue weighted by Crippen LogP contribution is 2.27. The van der Waals surface area contributed by atoms with Crippen LogP contribution in [0.2, 0.25) is 5.02 Å². The van der Waals surface area contributed by atoms with Crippen LogP contribution in [-0.4, -0.2) is 19.1 Å². The van der Waals surface area contributed by atoms with E-state index in [4.69, 9.17) is 26.8 Å². The fourth-order valence-electron chi connectivity index (χ4n) is 2.79. The first-order chi connectivity index (χ1) is 13.3. The Hall–Kier alpha value is -2.31. The van der Waals surface area contributed by atoms with Crippen LogP contribution >= 0.6 is 11.6 Å². The van der Waals surface area contributed by atoms with Gasteiger partial charge in [0, 0.05) is 23.7 Å². The Balaban J connectivity index is 2.06. The van der Waals surface area contributed by atoms with E-state index < -0.39 is 11.9 Å². The van der Waals surface area contributed by atoms with Crippen molar-refractivity contribution in [2.45, 2.75) is 39.5 Å². The molecule has 0 radical (unpaired) electrons. The van der Waals surface area contributed by atoms with Crippen LogP contribution in [0.5, 0.6) is 11.5 Å². The monoisotopic (exact) mass is 408 g/mol. The molecule has 2 aromatic rings. The molecule has 0 fully saturated rings. The van der Waals surface area contributed by atoms with Crippen molar-refractivity contribution in [3.8, 4) is 11.5 Å². The highest BCUT2D eigenvalue weighted by atomic mass is 35.5. The van der Waals surface area contributed by atoms with E-state index >= 15 is 0 Å². The van der Waals surface area contributed by atoms with Crippen LogP contribution < -0.4 is 20.5 Å². The molecular weight excluding hydrogens is 383 g/mol. The Morgan fingerprint density at radius 1 is 1.29 bits per heavy atom. The van der Waals surface area contributed by atoms with E-state index in [1.807, 2.05) is 19.9 Å². The van der Waals surface area contributed by atoms with Gasteiger partial charge in [-0.2, -0.15) is 0 Å². The molecule has 1 amide bonds.